The van der Waals surface area contributed by atoms with E-state index in [1.54, 1.807) is 12.5 Å². The van der Waals surface area contributed by atoms with Gasteiger partial charge in [0.25, 0.3) is 0 Å². The van der Waals surface area contributed by atoms with Gasteiger partial charge in [0.1, 0.15) is 0 Å². The van der Waals surface area contributed by atoms with Crippen LogP contribution in [0.1, 0.15) is 5.56 Å². The van der Waals surface area contributed by atoms with Crippen molar-refractivity contribution in [3.8, 4) is 5.69 Å². The Labute approximate surface area is 71.5 Å². The Bertz CT molecular complexity index is 363. The SMILES string of the molecule is Cc1cc[c]c(-n2ccnc2)c1. The van der Waals surface area contributed by atoms with E-state index < -0.39 is 0 Å². The summed E-state index contributed by atoms with van der Waals surface area (Å²) in [6.07, 6.45) is 5.44. The maximum Gasteiger partial charge on any atom is 0.0991 e. The number of imidazole rings is 1. The zero-order chi connectivity index (χ0) is 8.39. The molecule has 0 amide bonds. The molecule has 0 spiro atoms. The predicted octanol–water partition coefficient (Wildman–Crippen LogP) is 1.98. The molecule has 59 valence electrons. The van der Waals surface area contributed by atoms with E-state index in [-0.39, 0.29) is 0 Å². The number of hydrogen-bond acceptors (Lipinski definition) is 1. The first kappa shape index (κ1) is 7.10. The Morgan fingerprint density at radius 1 is 1.50 bits per heavy atom. The monoisotopic (exact) mass is 157 g/mol. The third kappa shape index (κ3) is 1.23. The topological polar surface area (TPSA) is 17.8 Å². The minimum atomic E-state index is 1.03. The molecule has 1 heterocycles. The average molecular weight is 157 g/mol. The number of rotatable bonds is 1. The van der Waals surface area contributed by atoms with E-state index in [1.807, 2.05) is 22.9 Å². The van der Waals surface area contributed by atoms with Gasteiger partial charge in [-0.1, -0.05) is 12.1 Å². The summed E-state index contributed by atoms with van der Waals surface area (Å²) in [5.74, 6) is 0. The van der Waals surface area contributed by atoms with Gasteiger partial charge in [-0.25, -0.2) is 4.98 Å². The van der Waals surface area contributed by atoms with Crippen LogP contribution in [0.5, 0.6) is 0 Å². The molecule has 2 nitrogen and oxygen atoms in total. The summed E-state index contributed by atoms with van der Waals surface area (Å²) in [6.45, 7) is 2.06. The summed E-state index contributed by atoms with van der Waals surface area (Å²) in [7, 11) is 0. The van der Waals surface area contributed by atoms with Crippen LogP contribution in [0, 0.1) is 13.0 Å². The van der Waals surface area contributed by atoms with Gasteiger partial charge in [0.2, 0.25) is 0 Å². The first-order valence-electron chi connectivity index (χ1n) is 3.83. The van der Waals surface area contributed by atoms with E-state index in [0.29, 0.717) is 0 Å². The van der Waals surface area contributed by atoms with Crippen LogP contribution in [0.25, 0.3) is 5.69 Å². The lowest BCUT2D eigenvalue weighted by Crippen LogP contribution is -1.89. The first-order valence-corrected chi connectivity index (χ1v) is 3.83. The summed E-state index contributed by atoms with van der Waals surface area (Å²) < 4.78 is 1.94. The molecule has 0 N–H and O–H groups in total. The Kier molecular flexibility index (Phi) is 1.67. The molecule has 0 bridgehead atoms. The molecule has 2 heteroatoms. The van der Waals surface area contributed by atoms with Crippen LogP contribution >= 0.6 is 0 Å². The van der Waals surface area contributed by atoms with E-state index in [2.05, 4.69) is 24.0 Å². The highest BCUT2D eigenvalue weighted by Crippen LogP contribution is 2.07. The molecule has 0 saturated carbocycles. The van der Waals surface area contributed by atoms with Crippen LogP contribution in [0.2, 0.25) is 0 Å². The first-order chi connectivity index (χ1) is 5.86. The smallest absolute Gasteiger partial charge is 0.0991 e. The average Bonchev–Trinajstić information content (AvgIpc) is 2.56. The molecule has 0 saturated heterocycles. The molecule has 0 aliphatic heterocycles. The van der Waals surface area contributed by atoms with Gasteiger partial charge in [-0.15, -0.1) is 0 Å². The van der Waals surface area contributed by atoms with Gasteiger partial charge in [-0.05, 0) is 18.6 Å². The molecule has 1 radical (unpaired) electrons. The Hall–Kier alpha value is -1.57. The molecular formula is C10H9N2. The molecule has 2 aromatic rings. The normalized spacial score (nSPS) is 10.1. The number of nitrogens with zero attached hydrogens (tertiary/aromatic N) is 2. The fourth-order valence-electron chi connectivity index (χ4n) is 1.11. The summed E-state index contributed by atoms with van der Waals surface area (Å²) in [4.78, 5) is 3.97. The molecule has 1 aromatic heterocycles. The van der Waals surface area contributed by atoms with Crippen molar-refractivity contribution in [2.45, 2.75) is 6.92 Å². The lowest BCUT2D eigenvalue weighted by atomic mass is 10.2. The van der Waals surface area contributed by atoms with Gasteiger partial charge < -0.3 is 4.57 Å². The lowest BCUT2D eigenvalue weighted by molar-refractivity contribution is 1.05. The van der Waals surface area contributed by atoms with E-state index in [0.717, 1.165) is 5.69 Å². The van der Waals surface area contributed by atoms with E-state index in [1.165, 1.54) is 5.56 Å². The Morgan fingerprint density at radius 3 is 3.08 bits per heavy atom. The Morgan fingerprint density at radius 2 is 2.42 bits per heavy atom. The Balaban J connectivity index is 2.48. The minimum Gasteiger partial charge on any atom is -0.306 e. The molecule has 1 aromatic carbocycles. The van der Waals surface area contributed by atoms with Gasteiger partial charge in [-0.3, -0.25) is 0 Å². The van der Waals surface area contributed by atoms with E-state index in [4.69, 9.17) is 0 Å². The minimum absolute atomic E-state index is 1.03. The van der Waals surface area contributed by atoms with Gasteiger partial charge in [-0.2, -0.15) is 0 Å². The third-order valence-corrected chi connectivity index (χ3v) is 1.72. The highest BCUT2D eigenvalue weighted by atomic mass is 15.0. The molecule has 0 fully saturated rings. The molecular weight excluding hydrogens is 148 g/mol. The van der Waals surface area contributed by atoms with Gasteiger partial charge in [0.05, 0.1) is 12.0 Å². The van der Waals surface area contributed by atoms with Crippen LogP contribution in [0.3, 0.4) is 0 Å². The second-order valence-corrected chi connectivity index (χ2v) is 2.72. The van der Waals surface area contributed by atoms with Crippen molar-refractivity contribution in [1.29, 1.82) is 0 Å². The van der Waals surface area contributed by atoms with E-state index >= 15 is 0 Å². The molecule has 12 heavy (non-hydrogen) atoms. The van der Waals surface area contributed by atoms with Crippen molar-refractivity contribution in [2.75, 3.05) is 0 Å². The van der Waals surface area contributed by atoms with Crippen LogP contribution in [0.15, 0.2) is 36.9 Å². The fraction of sp³-hybridized carbons (Fsp3) is 0.100. The summed E-state index contributed by atoms with van der Waals surface area (Å²) >= 11 is 0. The van der Waals surface area contributed by atoms with Crippen molar-refractivity contribution in [3.05, 3.63) is 48.5 Å². The second-order valence-electron chi connectivity index (χ2n) is 2.72. The maximum atomic E-state index is 3.97. The van der Waals surface area contributed by atoms with Gasteiger partial charge in [0, 0.05) is 18.5 Å². The number of aromatic nitrogens is 2. The summed E-state index contributed by atoms with van der Waals surface area (Å²) in [6, 6.07) is 9.16. The zero-order valence-electron chi connectivity index (χ0n) is 6.86. The predicted molar refractivity (Wildman–Crippen MR) is 47.1 cm³/mol. The molecule has 0 aliphatic rings. The second kappa shape index (κ2) is 2.81. The van der Waals surface area contributed by atoms with Crippen molar-refractivity contribution >= 4 is 0 Å². The van der Waals surface area contributed by atoms with Crippen molar-refractivity contribution < 1.29 is 0 Å². The zero-order valence-corrected chi connectivity index (χ0v) is 6.86. The van der Waals surface area contributed by atoms with Gasteiger partial charge in [0.15, 0.2) is 0 Å². The number of aryl methyl sites for hydroxylation is 1. The highest BCUT2D eigenvalue weighted by molar-refractivity contribution is 5.33. The van der Waals surface area contributed by atoms with Crippen LogP contribution < -0.4 is 0 Å². The van der Waals surface area contributed by atoms with Gasteiger partial charge >= 0.3 is 0 Å². The molecule has 0 aliphatic carbocycles. The maximum absolute atomic E-state index is 3.97. The quantitative estimate of drug-likeness (QED) is 0.619. The highest BCUT2D eigenvalue weighted by Gasteiger charge is 1.93. The third-order valence-electron chi connectivity index (χ3n) is 1.72. The largest absolute Gasteiger partial charge is 0.306 e. The van der Waals surface area contributed by atoms with Crippen molar-refractivity contribution in [1.82, 2.24) is 9.55 Å². The summed E-state index contributed by atoms with van der Waals surface area (Å²) in [5, 5.41) is 0. The molecule has 2 rings (SSSR count). The van der Waals surface area contributed by atoms with Crippen molar-refractivity contribution in [2.24, 2.45) is 0 Å². The number of hydrogen-bond donors (Lipinski definition) is 0. The molecule has 0 unspecified atom stereocenters. The van der Waals surface area contributed by atoms with Crippen LogP contribution in [-0.2, 0) is 0 Å². The van der Waals surface area contributed by atoms with Crippen LogP contribution in [0.4, 0.5) is 0 Å². The number of benzene rings is 1. The molecule has 0 atom stereocenters. The summed E-state index contributed by atoms with van der Waals surface area (Å²) in [5.41, 5.74) is 2.27. The fourth-order valence-corrected chi connectivity index (χ4v) is 1.11. The lowest BCUT2D eigenvalue weighted by Gasteiger charge is -2.00. The van der Waals surface area contributed by atoms with Crippen LogP contribution in [-0.4, -0.2) is 9.55 Å². The van der Waals surface area contributed by atoms with E-state index in [9.17, 15) is 0 Å². The van der Waals surface area contributed by atoms with Crippen molar-refractivity contribution in [3.63, 3.8) is 0 Å². The standard InChI is InChI=1S/C10H9N2/c1-9-3-2-4-10(7-9)12-6-5-11-8-12/h2-3,5-8H,1H3.